The molecule has 1 heterocycles. The van der Waals surface area contributed by atoms with E-state index in [1.54, 1.807) is 6.07 Å². The molecule has 6 heteroatoms. The molecule has 1 aromatic carbocycles. The third-order valence-corrected chi connectivity index (χ3v) is 3.66. The van der Waals surface area contributed by atoms with Crippen molar-refractivity contribution in [3.8, 4) is 0 Å². The Labute approximate surface area is 112 Å². The van der Waals surface area contributed by atoms with Gasteiger partial charge in [0, 0.05) is 15.6 Å². The summed E-state index contributed by atoms with van der Waals surface area (Å²) >= 11 is 6.89. The van der Waals surface area contributed by atoms with E-state index in [0.717, 1.165) is 10.9 Å². The van der Waals surface area contributed by atoms with Crippen LogP contribution >= 0.6 is 22.9 Å². The summed E-state index contributed by atoms with van der Waals surface area (Å²) in [6, 6.07) is 5.64. The van der Waals surface area contributed by atoms with E-state index in [0.29, 0.717) is 10.6 Å². The van der Waals surface area contributed by atoms with Gasteiger partial charge in [-0.05, 0) is 31.2 Å². The first-order chi connectivity index (χ1) is 8.47. The third-order valence-electron chi connectivity index (χ3n) is 2.36. The Morgan fingerprint density at radius 1 is 1.44 bits per heavy atom. The van der Waals surface area contributed by atoms with E-state index in [9.17, 15) is 9.18 Å². The number of amides is 1. The maximum Gasteiger partial charge on any atom is 0.265 e. The van der Waals surface area contributed by atoms with Gasteiger partial charge in [-0.1, -0.05) is 11.6 Å². The molecule has 18 heavy (non-hydrogen) atoms. The first kappa shape index (κ1) is 12.9. The predicted octanol–water partition coefficient (Wildman–Crippen LogP) is 3.68. The predicted molar refractivity (Wildman–Crippen MR) is 72.8 cm³/mol. The van der Waals surface area contributed by atoms with E-state index in [-0.39, 0.29) is 16.6 Å². The van der Waals surface area contributed by atoms with E-state index in [4.69, 9.17) is 17.3 Å². The molecule has 3 N–H and O–H groups in total. The number of rotatable bonds is 2. The maximum atomic E-state index is 13.5. The molecule has 0 aliphatic heterocycles. The van der Waals surface area contributed by atoms with Crippen LogP contribution in [0.1, 0.15) is 14.5 Å². The van der Waals surface area contributed by atoms with Gasteiger partial charge in [0.2, 0.25) is 0 Å². The van der Waals surface area contributed by atoms with Crippen LogP contribution in [0.25, 0.3) is 0 Å². The van der Waals surface area contributed by atoms with Crippen molar-refractivity contribution < 1.29 is 9.18 Å². The summed E-state index contributed by atoms with van der Waals surface area (Å²) in [4.78, 5) is 13.2. The van der Waals surface area contributed by atoms with Crippen LogP contribution in [0.15, 0.2) is 24.3 Å². The minimum Gasteiger partial charge on any atom is -0.398 e. The summed E-state index contributed by atoms with van der Waals surface area (Å²) < 4.78 is 13.5. The maximum absolute atomic E-state index is 13.5. The molecule has 0 aliphatic carbocycles. The number of hydrogen-bond acceptors (Lipinski definition) is 3. The Hall–Kier alpha value is -1.59. The van der Waals surface area contributed by atoms with Crippen LogP contribution in [0.2, 0.25) is 5.02 Å². The summed E-state index contributed by atoms with van der Waals surface area (Å²) in [5.41, 5.74) is 6.31. The van der Waals surface area contributed by atoms with E-state index >= 15 is 0 Å². The SMILES string of the molecule is Cc1sc(C(=O)Nc2ccc(Cl)cc2F)cc1N. The number of hydrogen-bond donors (Lipinski definition) is 2. The number of thiophene rings is 1. The zero-order chi connectivity index (χ0) is 13.3. The Morgan fingerprint density at radius 2 is 2.17 bits per heavy atom. The molecule has 2 aromatic rings. The van der Waals surface area contributed by atoms with E-state index in [1.807, 2.05) is 6.92 Å². The largest absolute Gasteiger partial charge is 0.398 e. The minimum atomic E-state index is -0.572. The molecule has 0 saturated heterocycles. The molecule has 2 rings (SSSR count). The molecule has 0 aliphatic rings. The van der Waals surface area contributed by atoms with E-state index < -0.39 is 5.82 Å². The molecule has 94 valence electrons. The summed E-state index contributed by atoms with van der Waals surface area (Å²) in [5, 5.41) is 2.76. The zero-order valence-corrected chi connectivity index (χ0v) is 11.0. The number of halogens is 2. The van der Waals surface area contributed by atoms with Crippen LogP contribution in [0.4, 0.5) is 15.8 Å². The molecule has 0 radical (unpaired) electrons. The highest BCUT2D eigenvalue weighted by Crippen LogP contribution is 2.25. The van der Waals surface area contributed by atoms with Crippen LogP contribution in [0.5, 0.6) is 0 Å². The van der Waals surface area contributed by atoms with Crippen molar-refractivity contribution in [1.82, 2.24) is 0 Å². The number of benzene rings is 1. The summed E-state index contributed by atoms with van der Waals surface area (Å²) in [5.74, 6) is -0.960. The standard InChI is InChI=1S/C12H10ClFN2OS/c1-6-9(15)5-11(18-6)12(17)16-10-3-2-7(13)4-8(10)14/h2-5H,15H2,1H3,(H,16,17). The van der Waals surface area contributed by atoms with Gasteiger partial charge in [0.05, 0.1) is 10.6 Å². The highest BCUT2D eigenvalue weighted by Gasteiger charge is 2.13. The van der Waals surface area contributed by atoms with Gasteiger partial charge in [-0.3, -0.25) is 4.79 Å². The van der Waals surface area contributed by atoms with Gasteiger partial charge in [0.15, 0.2) is 0 Å². The number of nitrogen functional groups attached to an aromatic ring is 1. The molecular weight excluding hydrogens is 275 g/mol. The van der Waals surface area contributed by atoms with Gasteiger partial charge in [0.1, 0.15) is 5.82 Å². The van der Waals surface area contributed by atoms with Crippen LogP contribution in [-0.4, -0.2) is 5.91 Å². The lowest BCUT2D eigenvalue weighted by atomic mass is 10.3. The van der Waals surface area contributed by atoms with Crippen LogP contribution in [-0.2, 0) is 0 Å². The van der Waals surface area contributed by atoms with Crippen molar-refractivity contribution in [2.45, 2.75) is 6.92 Å². The first-order valence-electron chi connectivity index (χ1n) is 5.09. The Balaban J connectivity index is 2.21. The van der Waals surface area contributed by atoms with Gasteiger partial charge in [0.25, 0.3) is 5.91 Å². The lowest BCUT2D eigenvalue weighted by Crippen LogP contribution is -2.11. The quantitative estimate of drug-likeness (QED) is 0.884. The molecule has 3 nitrogen and oxygen atoms in total. The molecule has 1 amide bonds. The Bertz CT molecular complexity index is 593. The highest BCUT2D eigenvalue weighted by atomic mass is 35.5. The number of anilines is 2. The fraction of sp³-hybridized carbons (Fsp3) is 0.0833. The molecule has 0 atom stereocenters. The molecule has 0 saturated carbocycles. The van der Waals surface area contributed by atoms with Crippen molar-refractivity contribution in [2.24, 2.45) is 0 Å². The number of nitrogens with two attached hydrogens (primary N) is 1. The van der Waals surface area contributed by atoms with Crippen LogP contribution in [0.3, 0.4) is 0 Å². The lowest BCUT2D eigenvalue weighted by molar-refractivity contribution is 0.103. The second-order valence-electron chi connectivity index (χ2n) is 3.70. The number of aryl methyl sites for hydroxylation is 1. The molecule has 0 spiro atoms. The van der Waals surface area contributed by atoms with Crippen molar-refractivity contribution in [3.05, 3.63) is 44.9 Å². The summed E-state index contributed by atoms with van der Waals surface area (Å²) in [6.07, 6.45) is 0. The van der Waals surface area contributed by atoms with Crippen LogP contribution < -0.4 is 11.1 Å². The van der Waals surface area contributed by atoms with E-state index in [1.165, 1.54) is 23.5 Å². The topological polar surface area (TPSA) is 55.1 Å². The lowest BCUT2D eigenvalue weighted by Gasteiger charge is -2.04. The second kappa shape index (κ2) is 4.96. The zero-order valence-electron chi connectivity index (χ0n) is 9.46. The molecule has 0 unspecified atom stereocenters. The smallest absolute Gasteiger partial charge is 0.265 e. The Kier molecular flexibility index (Phi) is 3.54. The fourth-order valence-corrected chi connectivity index (χ4v) is 2.38. The third kappa shape index (κ3) is 2.63. The summed E-state index contributed by atoms with van der Waals surface area (Å²) in [7, 11) is 0. The average molecular weight is 285 g/mol. The van der Waals surface area contributed by atoms with Crippen molar-refractivity contribution in [1.29, 1.82) is 0 Å². The molecule has 1 aromatic heterocycles. The van der Waals surface area contributed by atoms with Gasteiger partial charge in [-0.25, -0.2) is 4.39 Å². The normalized spacial score (nSPS) is 10.4. The van der Waals surface area contributed by atoms with Gasteiger partial charge in [-0.2, -0.15) is 0 Å². The number of carbonyl (C=O) groups excluding carboxylic acids is 1. The van der Waals surface area contributed by atoms with Crippen molar-refractivity contribution in [3.63, 3.8) is 0 Å². The van der Waals surface area contributed by atoms with Crippen molar-refractivity contribution >= 4 is 40.2 Å². The second-order valence-corrected chi connectivity index (χ2v) is 5.39. The highest BCUT2D eigenvalue weighted by molar-refractivity contribution is 7.14. The van der Waals surface area contributed by atoms with Gasteiger partial charge < -0.3 is 11.1 Å². The van der Waals surface area contributed by atoms with E-state index in [2.05, 4.69) is 5.32 Å². The van der Waals surface area contributed by atoms with Crippen molar-refractivity contribution in [2.75, 3.05) is 11.1 Å². The number of nitrogens with one attached hydrogen (secondary N) is 1. The van der Waals surface area contributed by atoms with Crippen LogP contribution in [0, 0.1) is 12.7 Å². The van der Waals surface area contributed by atoms with Gasteiger partial charge in [-0.15, -0.1) is 11.3 Å². The monoisotopic (exact) mass is 284 g/mol. The fourth-order valence-electron chi connectivity index (χ4n) is 1.38. The summed E-state index contributed by atoms with van der Waals surface area (Å²) in [6.45, 7) is 1.82. The molecular formula is C12H10ClFN2OS. The number of carbonyl (C=O) groups is 1. The molecule has 0 bridgehead atoms. The average Bonchev–Trinajstić information content (AvgIpc) is 2.63. The Morgan fingerprint density at radius 3 is 2.72 bits per heavy atom. The molecule has 0 fully saturated rings. The van der Waals surface area contributed by atoms with Gasteiger partial charge >= 0.3 is 0 Å². The first-order valence-corrected chi connectivity index (χ1v) is 6.29. The minimum absolute atomic E-state index is 0.0917.